The summed E-state index contributed by atoms with van der Waals surface area (Å²) in [4.78, 5) is 34.6. The number of nitro groups is 1. The summed E-state index contributed by atoms with van der Waals surface area (Å²) in [6.45, 7) is 0.703. The van der Waals surface area contributed by atoms with Gasteiger partial charge in [0.2, 0.25) is 0 Å². The van der Waals surface area contributed by atoms with Crippen LogP contribution in [0.1, 0.15) is 16.8 Å². The van der Waals surface area contributed by atoms with Crippen molar-refractivity contribution in [3.63, 3.8) is 0 Å². The predicted molar refractivity (Wildman–Crippen MR) is 79.9 cm³/mol. The number of pyridine rings is 1. The number of rotatable bonds is 6. The summed E-state index contributed by atoms with van der Waals surface area (Å²) >= 11 is 0. The molecule has 9 nitrogen and oxygen atoms in total. The highest BCUT2D eigenvalue weighted by Gasteiger charge is 2.08. The van der Waals surface area contributed by atoms with Gasteiger partial charge in [0, 0.05) is 30.9 Å². The van der Waals surface area contributed by atoms with Crippen LogP contribution in [-0.2, 0) is 13.0 Å². The van der Waals surface area contributed by atoms with Crippen molar-refractivity contribution in [2.45, 2.75) is 13.0 Å². The lowest BCUT2D eigenvalue weighted by Gasteiger charge is -2.09. The molecule has 0 aliphatic rings. The summed E-state index contributed by atoms with van der Waals surface area (Å²) in [6.07, 6.45) is 3.40. The molecular formula is C13H16N6O3. The second-order valence-corrected chi connectivity index (χ2v) is 5.03. The number of H-pyrrole nitrogens is 1. The SMILES string of the molecule is CN(C)Cc1cc(Cc2cnc(N[N+](=O)[O-])[nH]c2=O)ccn1. The highest BCUT2D eigenvalue weighted by Crippen LogP contribution is 2.08. The lowest BCUT2D eigenvalue weighted by atomic mass is 10.1. The first-order valence-electron chi connectivity index (χ1n) is 6.52. The Bertz CT molecular complexity index is 728. The largest absolute Gasteiger partial charge is 0.304 e. The fourth-order valence-corrected chi connectivity index (χ4v) is 1.96. The third kappa shape index (κ3) is 4.35. The molecule has 0 fully saturated rings. The molecule has 2 rings (SSSR count). The van der Waals surface area contributed by atoms with Gasteiger partial charge in [0.05, 0.1) is 5.69 Å². The van der Waals surface area contributed by atoms with E-state index in [1.165, 1.54) is 6.20 Å². The van der Waals surface area contributed by atoms with E-state index in [1.54, 1.807) is 6.20 Å². The first-order valence-corrected chi connectivity index (χ1v) is 6.52. The molecule has 2 aromatic rings. The van der Waals surface area contributed by atoms with Crippen molar-refractivity contribution < 1.29 is 5.03 Å². The zero-order chi connectivity index (χ0) is 16.1. The second kappa shape index (κ2) is 6.76. The summed E-state index contributed by atoms with van der Waals surface area (Å²) < 4.78 is 0. The molecule has 0 spiro atoms. The molecule has 0 radical (unpaired) electrons. The van der Waals surface area contributed by atoms with E-state index in [-0.39, 0.29) is 5.95 Å². The third-order valence-corrected chi connectivity index (χ3v) is 2.82. The summed E-state index contributed by atoms with van der Waals surface area (Å²) in [6, 6.07) is 3.74. The van der Waals surface area contributed by atoms with E-state index in [9.17, 15) is 14.9 Å². The Morgan fingerprint density at radius 2 is 2.18 bits per heavy atom. The average molecular weight is 304 g/mol. The molecule has 2 N–H and O–H groups in total. The molecule has 0 saturated heterocycles. The lowest BCUT2D eigenvalue weighted by Crippen LogP contribution is -2.19. The zero-order valence-electron chi connectivity index (χ0n) is 12.2. The van der Waals surface area contributed by atoms with Crippen LogP contribution in [0.3, 0.4) is 0 Å². The van der Waals surface area contributed by atoms with Crippen LogP contribution in [0.15, 0.2) is 29.3 Å². The Labute approximate surface area is 126 Å². The molecule has 0 amide bonds. The molecule has 116 valence electrons. The van der Waals surface area contributed by atoms with Crippen LogP contribution >= 0.6 is 0 Å². The number of nitrogens with zero attached hydrogens (tertiary/aromatic N) is 4. The van der Waals surface area contributed by atoms with E-state index in [0.717, 1.165) is 11.3 Å². The first-order chi connectivity index (χ1) is 10.4. The van der Waals surface area contributed by atoms with E-state index in [2.05, 4.69) is 15.0 Å². The number of hydrazine groups is 1. The topological polar surface area (TPSA) is 117 Å². The molecule has 0 aromatic carbocycles. The van der Waals surface area contributed by atoms with Crippen molar-refractivity contribution in [2.75, 3.05) is 19.5 Å². The van der Waals surface area contributed by atoms with Gasteiger partial charge in [-0.15, -0.1) is 0 Å². The van der Waals surface area contributed by atoms with Gasteiger partial charge < -0.3 is 4.90 Å². The van der Waals surface area contributed by atoms with Crippen molar-refractivity contribution in [2.24, 2.45) is 0 Å². The van der Waals surface area contributed by atoms with Gasteiger partial charge in [-0.2, -0.15) is 0 Å². The van der Waals surface area contributed by atoms with E-state index in [1.807, 2.05) is 36.6 Å². The van der Waals surface area contributed by atoms with Crippen molar-refractivity contribution in [1.29, 1.82) is 0 Å². The number of hydrogen-bond donors (Lipinski definition) is 2. The molecule has 0 atom stereocenters. The maximum Gasteiger partial charge on any atom is 0.265 e. The quantitative estimate of drug-likeness (QED) is 0.586. The van der Waals surface area contributed by atoms with Crippen LogP contribution in [-0.4, -0.2) is 39.0 Å². The lowest BCUT2D eigenvalue weighted by molar-refractivity contribution is -0.446. The number of anilines is 1. The minimum Gasteiger partial charge on any atom is -0.304 e. The van der Waals surface area contributed by atoms with Crippen LogP contribution in [0.4, 0.5) is 5.95 Å². The summed E-state index contributed by atoms with van der Waals surface area (Å²) in [7, 11) is 3.90. The Balaban J connectivity index is 2.17. The molecule has 9 heteroatoms. The normalized spacial score (nSPS) is 10.7. The number of aromatic nitrogens is 3. The highest BCUT2D eigenvalue weighted by atomic mass is 16.7. The third-order valence-electron chi connectivity index (χ3n) is 2.82. The Morgan fingerprint density at radius 3 is 2.82 bits per heavy atom. The van der Waals surface area contributed by atoms with Gasteiger partial charge in [0.25, 0.3) is 11.5 Å². The van der Waals surface area contributed by atoms with Crippen LogP contribution in [0, 0.1) is 10.1 Å². The zero-order valence-corrected chi connectivity index (χ0v) is 12.2. The first kappa shape index (κ1) is 15.6. The maximum atomic E-state index is 11.9. The molecule has 2 aromatic heterocycles. The number of nitrogens with one attached hydrogen (secondary N) is 2. The minimum atomic E-state index is -0.783. The van der Waals surface area contributed by atoms with Gasteiger partial charge in [0.15, 0.2) is 5.03 Å². The fraction of sp³-hybridized carbons (Fsp3) is 0.308. The minimum absolute atomic E-state index is 0.193. The fourth-order valence-electron chi connectivity index (χ4n) is 1.96. The molecule has 2 heterocycles. The molecule has 0 bridgehead atoms. The van der Waals surface area contributed by atoms with E-state index in [0.29, 0.717) is 18.5 Å². The van der Waals surface area contributed by atoms with Crippen molar-refractivity contribution >= 4 is 5.95 Å². The molecule has 22 heavy (non-hydrogen) atoms. The Hall–Kier alpha value is -2.81. The van der Waals surface area contributed by atoms with Crippen molar-refractivity contribution in [1.82, 2.24) is 19.9 Å². The maximum absolute atomic E-state index is 11.9. The van der Waals surface area contributed by atoms with E-state index < -0.39 is 10.6 Å². The van der Waals surface area contributed by atoms with Crippen LogP contribution < -0.4 is 11.0 Å². The predicted octanol–water partition coefficient (Wildman–Crippen LogP) is 0.421. The summed E-state index contributed by atoms with van der Waals surface area (Å²) in [5, 5.41) is 9.52. The van der Waals surface area contributed by atoms with Crippen LogP contribution in [0.5, 0.6) is 0 Å². The van der Waals surface area contributed by atoms with Gasteiger partial charge in [-0.1, -0.05) is 5.43 Å². The Morgan fingerprint density at radius 1 is 1.41 bits per heavy atom. The summed E-state index contributed by atoms with van der Waals surface area (Å²) in [5.41, 5.74) is 3.65. The van der Waals surface area contributed by atoms with Gasteiger partial charge >= 0.3 is 0 Å². The molecule has 0 aliphatic carbocycles. The van der Waals surface area contributed by atoms with Gasteiger partial charge in [-0.25, -0.2) is 15.1 Å². The highest BCUT2D eigenvalue weighted by molar-refractivity contribution is 5.27. The van der Waals surface area contributed by atoms with Crippen molar-refractivity contribution in [3.8, 4) is 0 Å². The van der Waals surface area contributed by atoms with Crippen LogP contribution in [0.2, 0.25) is 0 Å². The van der Waals surface area contributed by atoms with Gasteiger partial charge in [0.1, 0.15) is 0 Å². The van der Waals surface area contributed by atoms with E-state index in [4.69, 9.17) is 0 Å². The van der Waals surface area contributed by atoms with Crippen LogP contribution in [0.25, 0.3) is 0 Å². The second-order valence-electron chi connectivity index (χ2n) is 5.03. The van der Waals surface area contributed by atoms with Gasteiger partial charge in [-0.3, -0.25) is 14.8 Å². The molecule has 0 unspecified atom stereocenters. The number of aromatic amines is 1. The monoisotopic (exact) mass is 304 g/mol. The number of hydrogen-bond acceptors (Lipinski definition) is 6. The Kier molecular flexibility index (Phi) is 4.79. The molecule has 0 aliphatic heterocycles. The summed E-state index contributed by atoms with van der Waals surface area (Å²) in [5.74, 6) is -0.193. The van der Waals surface area contributed by atoms with E-state index >= 15 is 0 Å². The van der Waals surface area contributed by atoms with Crippen molar-refractivity contribution in [3.05, 3.63) is 61.8 Å². The average Bonchev–Trinajstić information content (AvgIpc) is 2.41. The molecule has 0 saturated carbocycles. The smallest absolute Gasteiger partial charge is 0.265 e. The molecular weight excluding hydrogens is 288 g/mol. The van der Waals surface area contributed by atoms with Gasteiger partial charge in [-0.05, 0) is 31.8 Å². The standard InChI is InChI=1S/C13H16N6O3/c1-18(2)8-11-6-9(3-4-14-11)5-10-7-15-13(16-12(10)20)17-19(21)22/h3-4,6-7H,5,8H2,1-2H3,(H2,15,16,17,20).